The molecule has 1 aromatic carbocycles. The maximum absolute atomic E-state index is 12.4. The highest BCUT2D eigenvalue weighted by molar-refractivity contribution is 5.54. The molecule has 1 aromatic rings. The Bertz CT molecular complexity index is 513. The van der Waals surface area contributed by atoms with Crippen molar-refractivity contribution in [2.75, 3.05) is 0 Å². The second-order valence-electron chi connectivity index (χ2n) is 2.46. The molecule has 15 heavy (non-hydrogen) atoms. The van der Waals surface area contributed by atoms with Crippen LogP contribution in [0.15, 0.2) is 23.2 Å². The number of rotatable bonds is 1. The standard InChI is InChI=1S/C9H3F3N2O/c10-9(11,12)8-3-7(14-5-15)2-1-6(8)4-13/h1-3H/i2T. The van der Waals surface area contributed by atoms with E-state index in [1.165, 1.54) is 6.07 Å². The molecule has 0 saturated heterocycles. The van der Waals surface area contributed by atoms with Crippen LogP contribution in [0, 0.1) is 11.3 Å². The molecule has 76 valence electrons. The Balaban J connectivity index is 3.54. The summed E-state index contributed by atoms with van der Waals surface area (Å²) in [4.78, 5) is 12.9. The van der Waals surface area contributed by atoms with E-state index in [2.05, 4.69) is 4.99 Å². The maximum atomic E-state index is 12.4. The van der Waals surface area contributed by atoms with E-state index in [9.17, 15) is 18.0 Å². The molecule has 0 bridgehead atoms. The van der Waals surface area contributed by atoms with E-state index in [1.807, 2.05) is 0 Å². The minimum Gasteiger partial charge on any atom is -0.211 e. The van der Waals surface area contributed by atoms with Crippen LogP contribution in [0.5, 0.6) is 0 Å². The van der Waals surface area contributed by atoms with Gasteiger partial charge >= 0.3 is 6.18 Å². The molecule has 3 nitrogen and oxygen atoms in total. The van der Waals surface area contributed by atoms with Crippen molar-refractivity contribution in [3.63, 3.8) is 0 Å². The fourth-order valence-corrected chi connectivity index (χ4v) is 0.921. The Hall–Kier alpha value is -2.12. The molecule has 0 radical (unpaired) electrons. The quantitative estimate of drug-likeness (QED) is 0.532. The Kier molecular flexibility index (Phi) is 2.48. The summed E-state index contributed by atoms with van der Waals surface area (Å²) in [6.45, 7) is 0. The van der Waals surface area contributed by atoms with Crippen LogP contribution in [0.25, 0.3) is 0 Å². The summed E-state index contributed by atoms with van der Waals surface area (Å²) in [5.41, 5.74) is -2.37. The van der Waals surface area contributed by atoms with Gasteiger partial charge in [-0.05, 0) is 18.2 Å². The lowest BCUT2D eigenvalue weighted by atomic mass is 10.1. The fraction of sp³-hybridized carbons (Fsp3) is 0.111. The number of aliphatic imine (C=N–C) groups is 1. The molecule has 0 aromatic heterocycles. The Labute approximate surface area is 83.9 Å². The summed E-state index contributed by atoms with van der Waals surface area (Å²) in [7, 11) is 0. The van der Waals surface area contributed by atoms with Gasteiger partial charge in [0.05, 0.1) is 24.3 Å². The predicted octanol–water partition coefficient (Wildman–Crippen LogP) is 2.54. The number of halogens is 3. The topological polar surface area (TPSA) is 53.2 Å². The molecule has 0 saturated carbocycles. The normalized spacial score (nSPS) is 11.2. The summed E-state index contributed by atoms with van der Waals surface area (Å²) in [6.07, 6.45) is -3.68. The van der Waals surface area contributed by atoms with Crippen molar-refractivity contribution in [1.82, 2.24) is 0 Å². The Morgan fingerprint density at radius 2 is 2.20 bits per heavy atom. The van der Waals surface area contributed by atoms with E-state index in [0.29, 0.717) is 12.1 Å². The summed E-state index contributed by atoms with van der Waals surface area (Å²) in [5, 5.41) is 8.49. The molecular weight excluding hydrogens is 209 g/mol. The van der Waals surface area contributed by atoms with Gasteiger partial charge in [0.2, 0.25) is 6.08 Å². The van der Waals surface area contributed by atoms with Gasteiger partial charge in [0.1, 0.15) is 0 Å². The van der Waals surface area contributed by atoms with Gasteiger partial charge in [-0.25, -0.2) is 4.79 Å². The largest absolute Gasteiger partial charge is 0.417 e. The number of nitrogens with zero attached hydrogens (tertiary/aromatic N) is 2. The second kappa shape index (κ2) is 3.95. The lowest BCUT2D eigenvalue weighted by molar-refractivity contribution is -0.137. The summed E-state index contributed by atoms with van der Waals surface area (Å²) >= 11 is 0. The predicted molar refractivity (Wildman–Crippen MR) is 43.9 cm³/mol. The Morgan fingerprint density at radius 1 is 1.53 bits per heavy atom. The average molecular weight is 214 g/mol. The third-order valence-corrected chi connectivity index (χ3v) is 1.53. The van der Waals surface area contributed by atoms with Crippen LogP contribution in [0.4, 0.5) is 18.9 Å². The van der Waals surface area contributed by atoms with Crippen molar-refractivity contribution in [1.29, 1.82) is 5.26 Å². The highest BCUT2D eigenvalue weighted by atomic mass is 19.4. The first-order chi connectivity index (χ1) is 7.40. The van der Waals surface area contributed by atoms with E-state index >= 15 is 0 Å². The molecule has 0 unspecified atom stereocenters. The molecule has 0 amide bonds. The van der Waals surface area contributed by atoms with Crippen molar-refractivity contribution in [2.24, 2.45) is 4.99 Å². The van der Waals surface area contributed by atoms with Gasteiger partial charge in [0.15, 0.2) is 0 Å². The van der Waals surface area contributed by atoms with Crippen molar-refractivity contribution in [3.05, 3.63) is 29.3 Å². The molecule has 0 aliphatic heterocycles. The van der Waals surface area contributed by atoms with Crippen molar-refractivity contribution in [3.8, 4) is 6.07 Å². The van der Waals surface area contributed by atoms with Gasteiger partial charge in [-0.1, -0.05) is 0 Å². The van der Waals surface area contributed by atoms with Crippen LogP contribution in [-0.4, -0.2) is 6.08 Å². The molecule has 0 spiro atoms. The molecular formula is C9H3F3N2O. The first kappa shape index (κ1) is 9.44. The highest BCUT2D eigenvalue weighted by Gasteiger charge is 2.33. The monoisotopic (exact) mass is 214 g/mol. The van der Waals surface area contributed by atoms with Crippen LogP contribution < -0.4 is 0 Å². The summed E-state index contributed by atoms with van der Waals surface area (Å²) < 4.78 is 44.5. The fourth-order valence-electron chi connectivity index (χ4n) is 0.921. The Morgan fingerprint density at radius 3 is 2.67 bits per heavy atom. The third-order valence-electron chi connectivity index (χ3n) is 1.53. The highest BCUT2D eigenvalue weighted by Crippen LogP contribution is 2.33. The van der Waals surface area contributed by atoms with Crippen LogP contribution in [0.1, 0.15) is 12.5 Å². The molecule has 1 rings (SSSR count). The van der Waals surface area contributed by atoms with E-state index in [4.69, 9.17) is 6.63 Å². The lowest BCUT2D eigenvalue weighted by Crippen LogP contribution is -2.07. The van der Waals surface area contributed by atoms with Crippen molar-refractivity contribution < 1.29 is 19.3 Å². The number of benzene rings is 1. The van der Waals surface area contributed by atoms with E-state index < -0.39 is 29.0 Å². The van der Waals surface area contributed by atoms with Gasteiger partial charge < -0.3 is 0 Å². The van der Waals surface area contributed by atoms with Crippen molar-refractivity contribution in [2.45, 2.75) is 6.18 Å². The molecule has 6 heteroatoms. The van der Waals surface area contributed by atoms with Crippen molar-refractivity contribution >= 4 is 11.8 Å². The number of hydrogen-bond donors (Lipinski definition) is 0. The third kappa shape index (κ3) is 2.42. The molecule has 0 heterocycles. The van der Waals surface area contributed by atoms with Crippen LogP contribution in [0.3, 0.4) is 0 Å². The number of carbonyl (C=O) groups excluding carboxylic acids is 1. The van der Waals surface area contributed by atoms with Crippen LogP contribution >= 0.6 is 0 Å². The number of hydrogen-bond acceptors (Lipinski definition) is 3. The van der Waals surface area contributed by atoms with Gasteiger partial charge in [0.25, 0.3) is 0 Å². The zero-order valence-electron chi connectivity index (χ0n) is 8.09. The zero-order valence-corrected chi connectivity index (χ0v) is 7.09. The molecule has 0 aliphatic carbocycles. The van der Waals surface area contributed by atoms with E-state index in [-0.39, 0.29) is 0 Å². The lowest BCUT2D eigenvalue weighted by Gasteiger charge is -2.08. The van der Waals surface area contributed by atoms with Gasteiger partial charge in [-0.15, -0.1) is 0 Å². The number of nitriles is 1. The first-order valence-corrected chi connectivity index (χ1v) is 3.60. The number of isocyanates is 1. The van der Waals surface area contributed by atoms with Gasteiger partial charge in [-0.2, -0.15) is 23.4 Å². The summed E-state index contributed by atoms with van der Waals surface area (Å²) in [6, 6.07) is 2.08. The van der Waals surface area contributed by atoms with Crippen LogP contribution in [0.2, 0.25) is 0 Å². The van der Waals surface area contributed by atoms with Crippen LogP contribution in [-0.2, 0) is 11.0 Å². The van der Waals surface area contributed by atoms with E-state index in [1.54, 1.807) is 0 Å². The molecule has 0 N–H and O–H groups in total. The SMILES string of the molecule is [3H]c1cc(C#N)c(C(F)(F)F)cc1N=C=O. The van der Waals surface area contributed by atoms with Gasteiger partial charge in [-0.3, -0.25) is 0 Å². The smallest absolute Gasteiger partial charge is 0.211 e. The second-order valence-corrected chi connectivity index (χ2v) is 2.46. The van der Waals surface area contributed by atoms with Gasteiger partial charge in [0, 0.05) is 0 Å². The maximum Gasteiger partial charge on any atom is 0.417 e. The summed E-state index contributed by atoms with van der Waals surface area (Å²) in [5.74, 6) is 0. The number of alkyl halides is 3. The average Bonchev–Trinajstić information content (AvgIpc) is 2.19. The minimum atomic E-state index is -4.73. The first-order valence-electron chi connectivity index (χ1n) is 4.10. The molecule has 0 aliphatic rings. The van der Waals surface area contributed by atoms with E-state index in [0.717, 1.165) is 6.08 Å². The molecule has 0 fully saturated rings. The minimum absolute atomic E-state index is 0.437. The zero-order chi connectivity index (χ0) is 12.3. The molecule has 0 atom stereocenters.